The van der Waals surface area contributed by atoms with Crippen LogP contribution in [0, 0.1) is 0 Å². The Labute approximate surface area is 156 Å². The van der Waals surface area contributed by atoms with E-state index in [-0.39, 0.29) is 41.2 Å². The van der Waals surface area contributed by atoms with Crippen molar-refractivity contribution in [3.05, 3.63) is 59.7 Å². The summed E-state index contributed by atoms with van der Waals surface area (Å²) >= 11 is 0. The molecule has 2 aromatic rings. The molecule has 2 heterocycles. The molecule has 4 rings (SSSR count). The summed E-state index contributed by atoms with van der Waals surface area (Å²) in [5.74, 6) is -0.536. The van der Waals surface area contributed by atoms with Crippen molar-refractivity contribution in [1.82, 2.24) is 0 Å². The van der Waals surface area contributed by atoms with Gasteiger partial charge in [-0.15, -0.1) is 12.1 Å². The first-order valence-electron chi connectivity index (χ1n) is 7.73. The Morgan fingerprint density at radius 3 is 1.60 bits per heavy atom. The maximum absolute atomic E-state index is 11.2. The Morgan fingerprint density at radius 1 is 0.920 bits per heavy atom. The van der Waals surface area contributed by atoms with Gasteiger partial charge in [0.2, 0.25) is 11.9 Å². The van der Waals surface area contributed by atoms with Gasteiger partial charge in [-0.1, -0.05) is 11.1 Å². The zero-order valence-electron chi connectivity index (χ0n) is 13.4. The molecule has 2 aliphatic heterocycles. The molecule has 7 heteroatoms. The molecule has 0 bridgehead atoms. The molecule has 0 aliphatic carbocycles. The van der Waals surface area contributed by atoms with Crippen molar-refractivity contribution >= 4 is 11.9 Å². The minimum atomic E-state index is -0.268. The number of epoxide rings is 2. The van der Waals surface area contributed by atoms with Gasteiger partial charge >= 0.3 is 17.1 Å². The average molecular weight is 386 g/mol. The summed E-state index contributed by atoms with van der Waals surface area (Å²) in [5.41, 5.74) is 1.21. The SMILES string of the molecule is O=C(OCC1CO1)c1ccc[cH-]1.O=C(OCC1CO1)c1ccc[cH-]1.[Fe+2]. The predicted octanol–water partition coefficient (Wildman–Crippen LogP) is 1.92. The summed E-state index contributed by atoms with van der Waals surface area (Å²) in [5, 5.41) is 0. The van der Waals surface area contributed by atoms with E-state index in [2.05, 4.69) is 0 Å². The van der Waals surface area contributed by atoms with E-state index in [9.17, 15) is 9.59 Å². The quantitative estimate of drug-likeness (QED) is 0.327. The van der Waals surface area contributed by atoms with Crippen molar-refractivity contribution in [2.24, 2.45) is 0 Å². The minimum Gasteiger partial charge on any atom is -0.502 e. The third kappa shape index (κ3) is 6.84. The Bertz CT molecular complexity index is 583. The molecule has 6 nitrogen and oxygen atoms in total. The summed E-state index contributed by atoms with van der Waals surface area (Å²) in [6, 6.07) is 14.2. The number of ether oxygens (including phenoxy) is 4. The van der Waals surface area contributed by atoms with Crippen molar-refractivity contribution in [2.75, 3.05) is 26.4 Å². The van der Waals surface area contributed by atoms with Crippen LogP contribution in [0.25, 0.3) is 0 Å². The van der Waals surface area contributed by atoms with Crippen molar-refractivity contribution in [2.45, 2.75) is 12.2 Å². The van der Waals surface area contributed by atoms with Gasteiger partial charge in [0.25, 0.3) is 0 Å². The van der Waals surface area contributed by atoms with Crippen LogP contribution in [0.4, 0.5) is 0 Å². The van der Waals surface area contributed by atoms with Gasteiger partial charge in [-0.05, 0) is 0 Å². The molecule has 2 atom stereocenters. The maximum atomic E-state index is 11.2. The van der Waals surface area contributed by atoms with E-state index in [1.54, 1.807) is 24.3 Å². The molecule has 0 spiro atoms. The van der Waals surface area contributed by atoms with Crippen LogP contribution in [0.1, 0.15) is 20.7 Å². The fourth-order valence-corrected chi connectivity index (χ4v) is 1.85. The Hall–Kier alpha value is -1.92. The molecule has 2 fully saturated rings. The van der Waals surface area contributed by atoms with Gasteiger partial charge in [-0.25, -0.2) is 0 Å². The number of carbonyl (C=O) groups excluding carboxylic acids is 2. The smallest absolute Gasteiger partial charge is 0.502 e. The molecular formula is C18H18FeO6. The summed E-state index contributed by atoms with van der Waals surface area (Å²) in [4.78, 5) is 22.3. The zero-order chi connectivity index (χ0) is 16.8. The molecule has 2 saturated heterocycles. The molecule has 0 N–H and O–H groups in total. The van der Waals surface area contributed by atoms with Crippen LogP contribution in [0.15, 0.2) is 48.5 Å². The predicted molar refractivity (Wildman–Crippen MR) is 84.1 cm³/mol. The summed E-state index contributed by atoms with van der Waals surface area (Å²) in [6.45, 7) is 2.19. The van der Waals surface area contributed by atoms with Gasteiger partial charge in [-0.3, -0.25) is 0 Å². The van der Waals surface area contributed by atoms with Crippen molar-refractivity contribution in [1.29, 1.82) is 0 Å². The van der Waals surface area contributed by atoms with E-state index in [4.69, 9.17) is 18.9 Å². The monoisotopic (exact) mass is 386 g/mol. The number of esters is 2. The zero-order valence-corrected chi connectivity index (χ0v) is 14.5. The summed E-state index contributed by atoms with van der Waals surface area (Å²) in [6.07, 6.45) is 0.285. The second-order valence-electron chi connectivity index (χ2n) is 5.45. The normalized spacial score (nSPS) is 19.7. The van der Waals surface area contributed by atoms with Crippen LogP contribution in [-0.4, -0.2) is 50.6 Å². The van der Waals surface area contributed by atoms with Crippen LogP contribution >= 0.6 is 0 Å². The number of hydrogen-bond acceptors (Lipinski definition) is 6. The summed E-state index contributed by atoms with van der Waals surface area (Å²) in [7, 11) is 0. The van der Waals surface area contributed by atoms with Crippen molar-refractivity contribution in [3.63, 3.8) is 0 Å². The second kappa shape index (κ2) is 9.53. The Kier molecular flexibility index (Phi) is 7.40. The van der Waals surface area contributed by atoms with E-state index in [1.807, 2.05) is 24.3 Å². The molecule has 134 valence electrons. The standard InChI is InChI=1S/2C9H9O3.Fe/c2*10-9(7-3-1-2-4-7)12-6-8-5-11-8;/h2*1-4,8H,5-6H2;/q2*-1;+2. The van der Waals surface area contributed by atoms with Gasteiger partial charge in [0, 0.05) is 0 Å². The fourth-order valence-electron chi connectivity index (χ4n) is 1.85. The minimum absolute atomic E-state index is 0. The van der Waals surface area contributed by atoms with E-state index in [0.717, 1.165) is 0 Å². The van der Waals surface area contributed by atoms with E-state index in [1.165, 1.54) is 0 Å². The van der Waals surface area contributed by atoms with Crippen molar-refractivity contribution in [3.8, 4) is 0 Å². The third-order valence-electron chi connectivity index (χ3n) is 3.40. The van der Waals surface area contributed by atoms with Gasteiger partial charge in [0.15, 0.2) is 0 Å². The third-order valence-corrected chi connectivity index (χ3v) is 3.40. The van der Waals surface area contributed by atoms with Crippen LogP contribution < -0.4 is 0 Å². The Balaban J connectivity index is 0.000000173. The van der Waals surface area contributed by atoms with Crippen LogP contribution in [-0.2, 0) is 36.0 Å². The molecule has 0 amide bonds. The first-order chi connectivity index (χ1) is 11.7. The number of carbonyl (C=O) groups is 2. The summed E-state index contributed by atoms with van der Waals surface area (Å²) < 4.78 is 19.7. The Morgan fingerprint density at radius 2 is 1.32 bits per heavy atom. The van der Waals surface area contributed by atoms with Gasteiger partial charge in [0.1, 0.15) is 25.4 Å². The van der Waals surface area contributed by atoms with E-state index < -0.39 is 0 Å². The molecule has 2 aliphatic rings. The first-order valence-corrected chi connectivity index (χ1v) is 7.73. The second-order valence-corrected chi connectivity index (χ2v) is 5.45. The topological polar surface area (TPSA) is 77.7 Å². The molecule has 0 radical (unpaired) electrons. The van der Waals surface area contributed by atoms with Crippen LogP contribution in [0.5, 0.6) is 0 Å². The van der Waals surface area contributed by atoms with E-state index in [0.29, 0.717) is 37.6 Å². The molecule has 2 aromatic carbocycles. The maximum Gasteiger partial charge on any atom is 2.00 e. The van der Waals surface area contributed by atoms with Gasteiger partial charge < -0.3 is 28.5 Å². The van der Waals surface area contributed by atoms with Gasteiger partial charge in [0.05, 0.1) is 13.2 Å². The fraction of sp³-hybridized carbons (Fsp3) is 0.333. The molecule has 0 saturated carbocycles. The molecule has 0 aromatic heterocycles. The molecule has 2 unspecified atom stereocenters. The largest absolute Gasteiger partial charge is 2.00 e. The molecule has 25 heavy (non-hydrogen) atoms. The average Bonchev–Trinajstić information content (AvgIpc) is 3.48. The van der Waals surface area contributed by atoms with Gasteiger partial charge in [-0.2, -0.15) is 36.4 Å². The van der Waals surface area contributed by atoms with Crippen molar-refractivity contribution < 1.29 is 45.6 Å². The molecular weight excluding hydrogens is 368 g/mol. The number of hydrogen-bond donors (Lipinski definition) is 0. The van der Waals surface area contributed by atoms with E-state index >= 15 is 0 Å². The van der Waals surface area contributed by atoms with Crippen LogP contribution in [0.2, 0.25) is 0 Å². The van der Waals surface area contributed by atoms with Crippen LogP contribution in [0.3, 0.4) is 0 Å². The number of rotatable bonds is 6. The first kappa shape index (κ1) is 19.4.